The summed E-state index contributed by atoms with van der Waals surface area (Å²) in [5.41, 5.74) is 3.15. The molecule has 2 atom stereocenters. The van der Waals surface area contributed by atoms with Crippen molar-refractivity contribution in [1.82, 2.24) is 10.2 Å². The quantitative estimate of drug-likeness (QED) is 0.773. The molecule has 5 nitrogen and oxygen atoms in total. The van der Waals surface area contributed by atoms with Crippen LogP contribution in [0.25, 0.3) is 0 Å². The van der Waals surface area contributed by atoms with E-state index in [1.54, 1.807) is 6.07 Å². The highest BCUT2D eigenvalue weighted by Crippen LogP contribution is 2.34. The molecule has 0 bridgehead atoms. The number of nitrogens with zero attached hydrogens (tertiary/aromatic N) is 1. The Labute approximate surface area is 160 Å². The predicted molar refractivity (Wildman–Crippen MR) is 108 cm³/mol. The number of benzene rings is 2. The molecule has 142 valence electrons. The third-order valence-electron chi connectivity index (χ3n) is 4.94. The maximum absolute atomic E-state index is 12.7. The summed E-state index contributed by atoms with van der Waals surface area (Å²) in [6, 6.07) is 15.3. The molecule has 0 fully saturated rings. The molecule has 3 rings (SSSR count). The second-order valence-electron chi connectivity index (χ2n) is 7.00. The minimum absolute atomic E-state index is 0.0515. The first-order chi connectivity index (χ1) is 13.0. The Balaban J connectivity index is 1.84. The van der Waals surface area contributed by atoms with Gasteiger partial charge in [0.05, 0.1) is 0 Å². The lowest BCUT2D eigenvalue weighted by atomic mass is 10.1. The first kappa shape index (κ1) is 19.0. The number of anilines is 1. The highest BCUT2D eigenvalue weighted by Gasteiger charge is 2.35. The highest BCUT2D eigenvalue weighted by molar-refractivity contribution is 5.99. The molecule has 0 spiro atoms. The van der Waals surface area contributed by atoms with Crippen LogP contribution in [0.15, 0.2) is 48.5 Å². The van der Waals surface area contributed by atoms with Crippen molar-refractivity contribution in [3.05, 3.63) is 65.2 Å². The molecule has 1 aliphatic heterocycles. The molecular formula is C22H27N3O2. The lowest BCUT2D eigenvalue weighted by Gasteiger charge is -2.27. The maximum Gasteiger partial charge on any atom is 0.256 e. The Kier molecular flexibility index (Phi) is 5.79. The van der Waals surface area contributed by atoms with Crippen molar-refractivity contribution in [2.45, 2.75) is 45.8 Å². The first-order valence-corrected chi connectivity index (χ1v) is 9.62. The summed E-state index contributed by atoms with van der Waals surface area (Å²) in [7, 11) is 0. The summed E-state index contributed by atoms with van der Waals surface area (Å²) in [4.78, 5) is 27.0. The zero-order chi connectivity index (χ0) is 19.4. The predicted octanol–water partition coefficient (Wildman–Crippen LogP) is 4.19. The van der Waals surface area contributed by atoms with E-state index in [2.05, 4.69) is 17.6 Å². The summed E-state index contributed by atoms with van der Waals surface area (Å²) in [5, 5.41) is 6.44. The third kappa shape index (κ3) is 3.97. The molecule has 1 aliphatic rings. The highest BCUT2D eigenvalue weighted by atomic mass is 16.2. The van der Waals surface area contributed by atoms with E-state index < -0.39 is 0 Å². The van der Waals surface area contributed by atoms with Crippen molar-refractivity contribution in [3.63, 3.8) is 0 Å². The molecule has 0 saturated carbocycles. The number of carbonyl (C=O) groups excluding carboxylic acids is 2. The molecule has 5 heteroatoms. The van der Waals surface area contributed by atoms with E-state index >= 15 is 0 Å². The molecule has 2 aromatic rings. The van der Waals surface area contributed by atoms with E-state index in [1.165, 1.54) is 0 Å². The van der Waals surface area contributed by atoms with Gasteiger partial charge in [0.1, 0.15) is 6.17 Å². The monoisotopic (exact) mass is 365 g/mol. The number of hydrogen-bond donors (Lipinski definition) is 2. The van der Waals surface area contributed by atoms with Crippen LogP contribution in [-0.4, -0.2) is 29.3 Å². The van der Waals surface area contributed by atoms with Gasteiger partial charge in [-0.15, -0.1) is 0 Å². The SMILES string of the molecule is CCCN1C(=O)c2ccccc2C1Nc1cccc(C(=O)NC(C)CC)c1. The van der Waals surface area contributed by atoms with Crippen molar-refractivity contribution >= 4 is 17.5 Å². The van der Waals surface area contributed by atoms with Crippen LogP contribution in [0.2, 0.25) is 0 Å². The Morgan fingerprint density at radius 1 is 1.15 bits per heavy atom. The second kappa shape index (κ2) is 8.25. The Morgan fingerprint density at radius 2 is 1.93 bits per heavy atom. The van der Waals surface area contributed by atoms with Crippen molar-refractivity contribution in [2.75, 3.05) is 11.9 Å². The van der Waals surface area contributed by atoms with Gasteiger partial charge in [-0.3, -0.25) is 9.59 Å². The molecule has 1 heterocycles. The van der Waals surface area contributed by atoms with E-state index in [1.807, 2.05) is 61.2 Å². The van der Waals surface area contributed by atoms with Crippen LogP contribution in [0.5, 0.6) is 0 Å². The van der Waals surface area contributed by atoms with Crippen molar-refractivity contribution in [3.8, 4) is 0 Å². The van der Waals surface area contributed by atoms with E-state index in [4.69, 9.17) is 0 Å². The molecular weight excluding hydrogens is 338 g/mol. The van der Waals surface area contributed by atoms with Crippen molar-refractivity contribution < 1.29 is 9.59 Å². The number of fused-ring (bicyclic) bond motifs is 1. The Bertz CT molecular complexity index is 834. The van der Waals surface area contributed by atoms with Gasteiger partial charge in [0.15, 0.2) is 0 Å². The molecule has 2 unspecified atom stereocenters. The summed E-state index contributed by atoms with van der Waals surface area (Å²) < 4.78 is 0. The van der Waals surface area contributed by atoms with E-state index in [9.17, 15) is 9.59 Å². The number of rotatable bonds is 7. The van der Waals surface area contributed by atoms with Crippen LogP contribution in [0, 0.1) is 0 Å². The van der Waals surface area contributed by atoms with Crippen LogP contribution in [0.1, 0.15) is 66.1 Å². The van der Waals surface area contributed by atoms with Gasteiger partial charge in [-0.1, -0.05) is 38.1 Å². The molecule has 0 aromatic heterocycles. The van der Waals surface area contributed by atoms with Gasteiger partial charge >= 0.3 is 0 Å². The van der Waals surface area contributed by atoms with Gasteiger partial charge in [-0.05, 0) is 44.0 Å². The van der Waals surface area contributed by atoms with E-state index in [-0.39, 0.29) is 24.0 Å². The third-order valence-corrected chi connectivity index (χ3v) is 4.94. The Hall–Kier alpha value is -2.82. The molecule has 0 aliphatic carbocycles. The molecule has 0 radical (unpaired) electrons. The average Bonchev–Trinajstić information content (AvgIpc) is 2.94. The molecule has 2 N–H and O–H groups in total. The number of nitrogens with one attached hydrogen (secondary N) is 2. The fourth-order valence-electron chi connectivity index (χ4n) is 3.31. The molecule has 2 aromatic carbocycles. The second-order valence-corrected chi connectivity index (χ2v) is 7.00. The lowest BCUT2D eigenvalue weighted by Crippen LogP contribution is -2.33. The van der Waals surface area contributed by atoms with Crippen LogP contribution < -0.4 is 10.6 Å². The molecule has 2 amide bonds. The molecule has 0 saturated heterocycles. The van der Waals surface area contributed by atoms with Gasteiger partial charge in [0, 0.05) is 35.0 Å². The maximum atomic E-state index is 12.7. The van der Waals surface area contributed by atoms with Crippen LogP contribution >= 0.6 is 0 Å². The van der Waals surface area contributed by atoms with Crippen molar-refractivity contribution in [2.24, 2.45) is 0 Å². The molecule has 27 heavy (non-hydrogen) atoms. The fraction of sp³-hybridized carbons (Fsp3) is 0.364. The van der Waals surface area contributed by atoms with Crippen LogP contribution in [0.4, 0.5) is 5.69 Å². The van der Waals surface area contributed by atoms with Crippen LogP contribution in [-0.2, 0) is 0 Å². The summed E-state index contributed by atoms with van der Waals surface area (Å²) >= 11 is 0. The van der Waals surface area contributed by atoms with Gasteiger partial charge in [0.25, 0.3) is 11.8 Å². The lowest BCUT2D eigenvalue weighted by molar-refractivity contribution is 0.0742. The minimum atomic E-state index is -0.221. The zero-order valence-corrected chi connectivity index (χ0v) is 16.2. The smallest absolute Gasteiger partial charge is 0.256 e. The van der Waals surface area contributed by atoms with Crippen LogP contribution in [0.3, 0.4) is 0 Å². The number of amides is 2. The largest absolute Gasteiger partial charge is 0.361 e. The fourth-order valence-corrected chi connectivity index (χ4v) is 3.31. The first-order valence-electron chi connectivity index (χ1n) is 9.62. The number of carbonyl (C=O) groups is 2. The van der Waals surface area contributed by atoms with Gasteiger partial charge in [-0.2, -0.15) is 0 Å². The van der Waals surface area contributed by atoms with Gasteiger partial charge in [-0.25, -0.2) is 0 Å². The minimum Gasteiger partial charge on any atom is -0.361 e. The standard InChI is InChI=1S/C22H27N3O2/c1-4-13-25-20(18-11-6-7-12-19(18)22(25)27)24-17-10-8-9-16(14-17)21(26)23-15(3)5-2/h6-12,14-15,20,24H,4-5,13H2,1-3H3,(H,23,26). The van der Waals surface area contributed by atoms with E-state index in [0.29, 0.717) is 12.1 Å². The van der Waals surface area contributed by atoms with Gasteiger partial charge < -0.3 is 15.5 Å². The normalized spacial score (nSPS) is 16.8. The topological polar surface area (TPSA) is 61.4 Å². The summed E-state index contributed by atoms with van der Waals surface area (Å²) in [5.74, 6) is -0.0306. The number of hydrogen-bond acceptors (Lipinski definition) is 3. The summed E-state index contributed by atoms with van der Waals surface area (Å²) in [6.45, 7) is 6.77. The van der Waals surface area contributed by atoms with E-state index in [0.717, 1.165) is 29.7 Å². The Morgan fingerprint density at radius 3 is 2.67 bits per heavy atom. The summed E-state index contributed by atoms with van der Waals surface area (Å²) in [6.07, 6.45) is 1.55. The van der Waals surface area contributed by atoms with Gasteiger partial charge in [0.2, 0.25) is 0 Å². The zero-order valence-electron chi connectivity index (χ0n) is 16.2. The van der Waals surface area contributed by atoms with Crippen molar-refractivity contribution in [1.29, 1.82) is 0 Å². The average molecular weight is 365 g/mol.